The summed E-state index contributed by atoms with van der Waals surface area (Å²) in [5, 5.41) is 0. The highest BCUT2D eigenvalue weighted by atomic mass is 16.5. The van der Waals surface area contributed by atoms with E-state index in [0.29, 0.717) is 17.2 Å². The molecule has 2 N–H and O–H groups in total. The van der Waals surface area contributed by atoms with Crippen LogP contribution in [0, 0.1) is 5.92 Å². The Balaban J connectivity index is 1.60. The van der Waals surface area contributed by atoms with Gasteiger partial charge in [-0.1, -0.05) is 12.1 Å². The molecule has 120 valence electrons. The Labute approximate surface area is 132 Å². The van der Waals surface area contributed by atoms with Gasteiger partial charge in [0.15, 0.2) is 0 Å². The molecule has 1 amide bonds. The molecule has 0 aromatic heterocycles. The molecular weight excluding hydrogens is 278 g/mol. The maximum absolute atomic E-state index is 12.7. The molecular formula is C17H25N3O2. The van der Waals surface area contributed by atoms with E-state index < -0.39 is 0 Å². The van der Waals surface area contributed by atoms with Crippen molar-refractivity contribution in [1.29, 1.82) is 0 Å². The number of carbonyl (C=O) groups excluding carboxylic acids is 1. The van der Waals surface area contributed by atoms with Crippen molar-refractivity contribution >= 4 is 11.6 Å². The summed E-state index contributed by atoms with van der Waals surface area (Å²) in [5.74, 6) is 0.630. The fourth-order valence-corrected chi connectivity index (χ4v) is 3.41. The average molecular weight is 303 g/mol. The lowest BCUT2D eigenvalue weighted by molar-refractivity contribution is 0.0224. The maximum Gasteiger partial charge on any atom is 0.255 e. The molecule has 2 aliphatic rings. The molecule has 5 nitrogen and oxygen atoms in total. The third kappa shape index (κ3) is 3.59. The summed E-state index contributed by atoms with van der Waals surface area (Å²) in [4.78, 5) is 17.1. The highest BCUT2D eigenvalue weighted by molar-refractivity contribution is 5.99. The van der Waals surface area contributed by atoms with Crippen LogP contribution in [-0.2, 0) is 4.74 Å². The van der Waals surface area contributed by atoms with Crippen molar-refractivity contribution < 1.29 is 9.53 Å². The van der Waals surface area contributed by atoms with E-state index in [1.165, 1.54) is 6.42 Å². The molecule has 1 unspecified atom stereocenters. The van der Waals surface area contributed by atoms with Gasteiger partial charge in [-0.05, 0) is 30.9 Å². The Morgan fingerprint density at radius 1 is 1.23 bits per heavy atom. The molecule has 22 heavy (non-hydrogen) atoms. The van der Waals surface area contributed by atoms with Gasteiger partial charge < -0.3 is 15.4 Å². The number of nitrogen functional groups attached to an aromatic ring is 1. The average Bonchev–Trinajstić information content (AvgIpc) is 2.56. The number of ether oxygens (including phenoxy) is 1. The van der Waals surface area contributed by atoms with Crippen LogP contribution in [0.5, 0.6) is 0 Å². The van der Waals surface area contributed by atoms with Gasteiger partial charge in [-0.2, -0.15) is 0 Å². The van der Waals surface area contributed by atoms with Crippen LogP contribution in [0.15, 0.2) is 24.3 Å². The van der Waals surface area contributed by atoms with E-state index in [9.17, 15) is 4.79 Å². The van der Waals surface area contributed by atoms with Gasteiger partial charge in [0.25, 0.3) is 5.91 Å². The van der Waals surface area contributed by atoms with Gasteiger partial charge in [0.2, 0.25) is 0 Å². The van der Waals surface area contributed by atoms with Crippen molar-refractivity contribution in [2.45, 2.75) is 12.8 Å². The summed E-state index contributed by atoms with van der Waals surface area (Å²) in [6, 6.07) is 7.36. The van der Waals surface area contributed by atoms with Crippen LogP contribution in [-0.4, -0.2) is 61.6 Å². The lowest BCUT2D eigenvalue weighted by Gasteiger charge is -2.37. The topological polar surface area (TPSA) is 58.8 Å². The predicted molar refractivity (Wildman–Crippen MR) is 86.7 cm³/mol. The molecule has 3 rings (SSSR count). The van der Waals surface area contributed by atoms with Gasteiger partial charge in [-0.3, -0.25) is 9.69 Å². The number of morpholine rings is 1. The van der Waals surface area contributed by atoms with Crippen LogP contribution in [0.1, 0.15) is 23.2 Å². The predicted octanol–water partition coefficient (Wildman–Crippen LogP) is 1.45. The lowest BCUT2D eigenvalue weighted by atomic mass is 9.96. The van der Waals surface area contributed by atoms with Crippen LogP contribution in [0.3, 0.4) is 0 Å². The molecule has 2 fully saturated rings. The third-order valence-electron chi connectivity index (χ3n) is 4.62. The number of hydrogen-bond acceptors (Lipinski definition) is 4. The molecule has 2 aliphatic heterocycles. The number of carbonyl (C=O) groups is 1. The lowest BCUT2D eigenvalue weighted by Crippen LogP contribution is -2.46. The molecule has 0 aliphatic carbocycles. The van der Waals surface area contributed by atoms with Crippen LogP contribution in [0.25, 0.3) is 0 Å². The minimum absolute atomic E-state index is 0.0739. The molecule has 1 aromatic carbocycles. The van der Waals surface area contributed by atoms with Gasteiger partial charge in [-0.15, -0.1) is 0 Å². The van der Waals surface area contributed by atoms with E-state index in [4.69, 9.17) is 10.5 Å². The van der Waals surface area contributed by atoms with Crippen LogP contribution >= 0.6 is 0 Å². The number of anilines is 1. The minimum Gasteiger partial charge on any atom is -0.398 e. The zero-order valence-corrected chi connectivity index (χ0v) is 13.0. The van der Waals surface area contributed by atoms with E-state index in [1.807, 2.05) is 23.1 Å². The van der Waals surface area contributed by atoms with Crippen molar-refractivity contribution in [3.63, 3.8) is 0 Å². The summed E-state index contributed by atoms with van der Waals surface area (Å²) >= 11 is 0. The standard InChI is InChI=1S/C17H25N3O2/c18-16-6-2-1-5-15(16)17(21)20-7-3-4-14(13-20)12-19-8-10-22-11-9-19/h1-2,5-6,14H,3-4,7-13,18H2. The Morgan fingerprint density at radius 2 is 2.00 bits per heavy atom. The Hall–Kier alpha value is -1.59. The minimum atomic E-state index is 0.0739. The first-order valence-corrected chi connectivity index (χ1v) is 8.18. The summed E-state index contributed by atoms with van der Waals surface area (Å²) in [6.45, 7) is 6.42. The third-order valence-corrected chi connectivity index (χ3v) is 4.62. The van der Waals surface area contributed by atoms with Crippen molar-refractivity contribution in [2.24, 2.45) is 5.92 Å². The molecule has 0 saturated carbocycles. The number of amides is 1. The molecule has 5 heteroatoms. The Morgan fingerprint density at radius 3 is 2.77 bits per heavy atom. The van der Waals surface area contributed by atoms with Gasteiger partial charge in [0, 0.05) is 38.4 Å². The van der Waals surface area contributed by atoms with Gasteiger partial charge in [-0.25, -0.2) is 0 Å². The summed E-state index contributed by atoms with van der Waals surface area (Å²) < 4.78 is 5.40. The molecule has 2 heterocycles. The smallest absolute Gasteiger partial charge is 0.255 e. The van der Waals surface area contributed by atoms with Gasteiger partial charge in [0.05, 0.1) is 18.8 Å². The first-order chi connectivity index (χ1) is 10.7. The van der Waals surface area contributed by atoms with Gasteiger partial charge >= 0.3 is 0 Å². The number of piperidine rings is 1. The Kier molecular flexibility index (Phi) is 4.95. The van der Waals surface area contributed by atoms with Crippen molar-refractivity contribution in [2.75, 3.05) is 51.7 Å². The number of para-hydroxylation sites is 1. The first kappa shape index (κ1) is 15.3. The molecule has 2 saturated heterocycles. The number of hydrogen-bond donors (Lipinski definition) is 1. The largest absolute Gasteiger partial charge is 0.398 e. The number of likely N-dealkylation sites (tertiary alicyclic amines) is 1. The second-order valence-electron chi connectivity index (χ2n) is 6.26. The number of rotatable bonds is 3. The van der Waals surface area contributed by atoms with Crippen LogP contribution in [0.4, 0.5) is 5.69 Å². The quantitative estimate of drug-likeness (QED) is 0.859. The Bertz CT molecular complexity index is 514. The van der Waals surface area contributed by atoms with Crippen molar-refractivity contribution in [1.82, 2.24) is 9.80 Å². The van der Waals surface area contributed by atoms with E-state index in [1.54, 1.807) is 6.07 Å². The van der Waals surface area contributed by atoms with Crippen molar-refractivity contribution in [3.05, 3.63) is 29.8 Å². The SMILES string of the molecule is Nc1ccccc1C(=O)N1CCCC(CN2CCOCC2)C1. The molecule has 0 spiro atoms. The zero-order valence-electron chi connectivity index (χ0n) is 13.0. The van der Waals surface area contributed by atoms with Crippen LogP contribution in [0.2, 0.25) is 0 Å². The number of nitrogens with zero attached hydrogens (tertiary/aromatic N) is 2. The van der Waals surface area contributed by atoms with Crippen LogP contribution < -0.4 is 5.73 Å². The monoisotopic (exact) mass is 303 g/mol. The summed E-state index contributed by atoms with van der Waals surface area (Å²) in [7, 11) is 0. The second kappa shape index (κ2) is 7.11. The fraction of sp³-hybridized carbons (Fsp3) is 0.588. The van der Waals surface area contributed by atoms with E-state index >= 15 is 0 Å². The molecule has 0 bridgehead atoms. The molecule has 1 aromatic rings. The summed E-state index contributed by atoms with van der Waals surface area (Å²) in [5.41, 5.74) is 7.15. The van der Waals surface area contributed by atoms with E-state index in [0.717, 1.165) is 52.4 Å². The first-order valence-electron chi connectivity index (χ1n) is 8.18. The van der Waals surface area contributed by atoms with E-state index in [-0.39, 0.29) is 5.91 Å². The fourth-order valence-electron chi connectivity index (χ4n) is 3.41. The van der Waals surface area contributed by atoms with Crippen molar-refractivity contribution in [3.8, 4) is 0 Å². The molecule has 1 atom stereocenters. The maximum atomic E-state index is 12.7. The highest BCUT2D eigenvalue weighted by Gasteiger charge is 2.27. The molecule has 0 radical (unpaired) electrons. The number of nitrogens with two attached hydrogens (primary N) is 1. The second-order valence-corrected chi connectivity index (χ2v) is 6.26. The zero-order chi connectivity index (χ0) is 15.4. The number of benzene rings is 1. The normalized spacial score (nSPS) is 23.5. The van der Waals surface area contributed by atoms with Gasteiger partial charge in [0.1, 0.15) is 0 Å². The highest BCUT2D eigenvalue weighted by Crippen LogP contribution is 2.22. The summed E-state index contributed by atoms with van der Waals surface area (Å²) in [6.07, 6.45) is 2.28. The van der Waals surface area contributed by atoms with E-state index in [2.05, 4.69) is 4.90 Å².